The van der Waals surface area contributed by atoms with Crippen molar-refractivity contribution in [2.75, 3.05) is 5.32 Å². The number of anilines is 1. The molecule has 22 heavy (non-hydrogen) atoms. The number of aromatic hydroxyl groups is 1. The molecule has 110 valence electrons. The summed E-state index contributed by atoms with van der Waals surface area (Å²) in [5.74, 6) is -0.0977. The van der Waals surface area contributed by atoms with Gasteiger partial charge in [0.15, 0.2) is 10.2 Å². The first kappa shape index (κ1) is 14.4. The van der Waals surface area contributed by atoms with Crippen LogP contribution in [0.3, 0.4) is 0 Å². The quantitative estimate of drug-likeness (QED) is 0.630. The minimum atomic E-state index is -0.281. The van der Waals surface area contributed by atoms with Gasteiger partial charge in [0.05, 0.1) is 10.2 Å². The fourth-order valence-corrected chi connectivity index (χ4v) is 3.02. The molecular weight excluding hydrogens is 318 g/mol. The van der Waals surface area contributed by atoms with Gasteiger partial charge in [-0.15, -0.1) is 0 Å². The summed E-state index contributed by atoms with van der Waals surface area (Å²) < 4.78 is 0.833. The molecule has 5 nitrogen and oxygen atoms in total. The Morgan fingerprint density at radius 1 is 1.18 bits per heavy atom. The Morgan fingerprint density at radius 3 is 2.73 bits per heavy atom. The van der Waals surface area contributed by atoms with Gasteiger partial charge >= 0.3 is 0 Å². The van der Waals surface area contributed by atoms with Gasteiger partial charge in [-0.25, -0.2) is 4.98 Å². The second-order valence-electron chi connectivity index (χ2n) is 4.45. The van der Waals surface area contributed by atoms with Crippen molar-refractivity contribution >= 4 is 49.9 Å². The van der Waals surface area contributed by atoms with Crippen LogP contribution in [0.2, 0.25) is 0 Å². The summed E-state index contributed by atoms with van der Waals surface area (Å²) in [6.45, 7) is 0. The number of thiazole rings is 1. The van der Waals surface area contributed by atoms with E-state index in [2.05, 4.69) is 15.6 Å². The van der Waals surface area contributed by atoms with Crippen LogP contribution in [0.5, 0.6) is 5.75 Å². The molecule has 1 amide bonds. The van der Waals surface area contributed by atoms with Gasteiger partial charge in [0.25, 0.3) is 5.91 Å². The highest BCUT2D eigenvalue weighted by atomic mass is 32.1. The number of carbonyl (C=O) groups is 1. The molecule has 2 aromatic carbocycles. The van der Waals surface area contributed by atoms with Gasteiger partial charge in [-0.1, -0.05) is 29.5 Å². The number of hydrogen-bond acceptors (Lipinski definition) is 5. The van der Waals surface area contributed by atoms with Crippen LogP contribution in [0.25, 0.3) is 10.2 Å². The van der Waals surface area contributed by atoms with E-state index in [4.69, 9.17) is 12.2 Å². The summed E-state index contributed by atoms with van der Waals surface area (Å²) in [6.07, 6.45) is 0. The van der Waals surface area contributed by atoms with Crippen molar-refractivity contribution in [1.29, 1.82) is 0 Å². The van der Waals surface area contributed by atoms with Crippen molar-refractivity contribution in [3.05, 3.63) is 54.1 Å². The average Bonchev–Trinajstić information content (AvgIpc) is 2.89. The second kappa shape index (κ2) is 6.08. The Kier molecular flexibility index (Phi) is 3.99. The molecule has 3 N–H and O–H groups in total. The van der Waals surface area contributed by atoms with Crippen molar-refractivity contribution in [2.45, 2.75) is 0 Å². The largest absolute Gasteiger partial charge is 0.508 e. The maximum atomic E-state index is 12.0. The molecule has 0 spiro atoms. The first-order valence-corrected chi connectivity index (χ1v) is 7.61. The maximum absolute atomic E-state index is 12.0. The third-order valence-corrected chi connectivity index (χ3v) is 3.99. The van der Waals surface area contributed by atoms with Crippen LogP contribution in [-0.2, 0) is 0 Å². The number of benzene rings is 2. The molecule has 7 heteroatoms. The molecule has 0 unspecified atom stereocenters. The molecule has 0 aliphatic carbocycles. The number of nitrogens with one attached hydrogen (secondary N) is 2. The molecule has 0 aliphatic rings. The van der Waals surface area contributed by atoms with Crippen LogP contribution < -0.4 is 10.6 Å². The minimum absolute atomic E-state index is 0.178. The highest BCUT2D eigenvalue weighted by Crippen LogP contribution is 2.28. The number of nitrogens with zero attached hydrogens (tertiary/aromatic N) is 1. The van der Waals surface area contributed by atoms with Gasteiger partial charge < -0.3 is 10.4 Å². The fourth-order valence-electron chi connectivity index (χ4n) is 1.86. The summed E-state index contributed by atoms with van der Waals surface area (Å²) in [4.78, 5) is 16.3. The van der Waals surface area contributed by atoms with E-state index < -0.39 is 0 Å². The van der Waals surface area contributed by atoms with E-state index in [0.29, 0.717) is 10.7 Å². The number of fused-ring (bicyclic) bond motifs is 1. The van der Waals surface area contributed by atoms with E-state index >= 15 is 0 Å². The zero-order valence-electron chi connectivity index (χ0n) is 11.2. The zero-order chi connectivity index (χ0) is 15.5. The molecular formula is C15H11N3O2S2. The number of rotatable bonds is 2. The number of thiocarbonyl (C=S) groups is 1. The van der Waals surface area contributed by atoms with E-state index in [9.17, 15) is 9.90 Å². The number of hydrogen-bond donors (Lipinski definition) is 3. The molecule has 1 aromatic heterocycles. The van der Waals surface area contributed by atoms with Gasteiger partial charge in [0.2, 0.25) is 0 Å². The van der Waals surface area contributed by atoms with E-state index in [1.807, 2.05) is 6.07 Å². The lowest BCUT2D eigenvalue weighted by Crippen LogP contribution is -2.34. The molecule has 0 radical (unpaired) electrons. The Balaban J connectivity index is 1.69. The molecule has 0 bridgehead atoms. The molecule has 0 aliphatic heterocycles. The van der Waals surface area contributed by atoms with Gasteiger partial charge in [-0.3, -0.25) is 10.1 Å². The predicted octanol–water partition coefficient (Wildman–Crippen LogP) is 3.13. The lowest BCUT2D eigenvalue weighted by atomic mass is 10.2. The Morgan fingerprint density at radius 2 is 1.95 bits per heavy atom. The van der Waals surface area contributed by atoms with E-state index in [1.165, 1.54) is 11.3 Å². The first-order valence-electron chi connectivity index (χ1n) is 6.39. The van der Waals surface area contributed by atoms with E-state index in [0.717, 1.165) is 10.2 Å². The molecule has 3 rings (SSSR count). The van der Waals surface area contributed by atoms with Crippen LogP contribution in [0.15, 0.2) is 48.5 Å². The predicted molar refractivity (Wildman–Crippen MR) is 91.4 cm³/mol. The number of carbonyl (C=O) groups excluding carboxylic acids is 1. The topological polar surface area (TPSA) is 74.2 Å². The standard InChI is InChI=1S/C15H11N3O2S2/c19-10-6-7-11-12(8-10)22-15(16-11)18-14(21)17-13(20)9-4-2-1-3-5-9/h1-8,19H,(H2,16,17,18,20,21). The molecule has 0 saturated heterocycles. The third-order valence-electron chi connectivity index (χ3n) is 2.86. The number of amides is 1. The normalized spacial score (nSPS) is 10.4. The maximum Gasteiger partial charge on any atom is 0.257 e. The number of phenolic OH excluding ortho intramolecular Hbond substituents is 1. The smallest absolute Gasteiger partial charge is 0.257 e. The lowest BCUT2D eigenvalue weighted by molar-refractivity contribution is 0.0977. The Hall–Kier alpha value is -2.51. The molecule has 3 aromatic rings. The highest BCUT2D eigenvalue weighted by molar-refractivity contribution is 7.80. The highest BCUT2D eigenvalue weighted by Gasteiger charge is 2.10. The summed E-state index contributed by atoms with van der Waals surface area (Å²) in [5, 5.41) is 15.7. The van der Waals surface area contributed by atoms with Crippen molar-refractivity contribution in [2.24, 2.45) is 0 Å². The molecule has 0 saturated carbocycles. The molecule has 0 fully saturated rings. The van der Waals surface area contributed by atoms with Crippen molar-refractivity contribution < 1.29 is 9.90 Å². The first-order chi connectivity index (χ1) is 10.6. The van der Waals surface area contributed by atoms with Crippen LogP contribution in [0.4, 0.5) is 5.13 Å². The number of phenols is 1. The SMILES string of the molecule is O=C(NC(=S)Nc1nc2ccc(O)cc2s1)c1ccccc1. The average molecular weight is 329 g/mol. The summed E-state index contributed by atoms with van der Waals surface area (Å²) in [6, 6.07) is 13.7. The van der Waals surface area contributed by atoms with E-state index in [-0.39, 0.29) is 16.8 Å². The zero-order valence-corrected chi connectivity index (χ0v) is 12.9. The third kappa shape index (κ3) is 3.21. The lowest BCUT2D eigenvalue weighted by Gasteiger charge is -2.06. The van der Waals surface area contributed by atoms with E-state index in [1.54, 1.807) is 42.5 Å². The van der Waals surface area contributed by atoms with Crippen LogP contribution in [0.1, 0.15) is 10.4 Å². The van der Waals surface area contributed by atoms with Crippen molar-refractivity contribution in [3.63, 3.8) is 0 Å². The van der Waals surface area contributed by atoms with Gasteiger partial charge in [0.1, 0.15) is 5.75 Å². The summed E-state index contributed by atoms with van der Waals surface area (Å²) >= 11 is 6.46. The van der Waals surface area contributed by atoms with Crippen LogP contribution in [-0.4, -0.2) is 21.1 Å². The van der Waals surface area contributed by atoms with Crippen molar-refractivity contribution in [3.8, 4) is 5.75 Å². The monoisotopic (exact) mass is 329 g/mol. The van der Waals surface area contributed by atoms with Crippen LogP contribution in [0, 0.1) is 0 Å². The van der Waals surface area contributed by atoms with Gasteiger partial charge in [-0.05, 0) is 42.5 Å². The van der Waals surface area contributed by atoms with Gasteiger partial charge in [0, 0.05) is 5.56 Å². The Bertz CT molecular complexity index is 846. The Labute approximate surface area is 135 Å². The molecule has 0 atom stereocenters. The van der Waals surface area contributed by atoms with Crippen LogP contribution >= 0.6 is 23.6 Å². The van der Waals surface area contributed by atoms with Gasteiger partial charge in [-0.2, -0.15) is 0 Å². The van der Waals surface area contributed by atoms with Crippen molar-refractivity contribution in [1.82, 2.24) is 10.3 Å². The summed E-state index contributed by atoms with van der Waals surface area (Å²) in [7, 11) is 0. The summed E-state index contributed by atoms with van der Waals surface area (Å²) in [5.41, 5.74) is 1.28. The number of aromatic nitrogens is 1. The fraction of sp³-hybridized carbons (Fsp3) is 0. The second-order valence-corrected chi connectivity index (χ2v) is 5.88. The minimum Gasteiger partial charge on any atom is -0.508 e. The molecule has 1 heterocycles.